The molecule has 0 saturated carbocycles. The van der Waals surface area contributed by atoms with Gasteiger partial charge in [-0.1, -0.05) is 12.2 Å². The predicted molar refractivity (Wildman–Crippen MR) is 46.8 cm³/mol. The van der Waals surface area contributed by atoms with Crippen molar-refractivity contribution in [3.63, 3.8) is 0 Å². The van der Waals surface area contributed by atoms with Crippen LogP contribution in [0.15, 0.2) is 12.2 Å². The Morgan fingerprint density at radius 2 is 2.17 bits per heavy atom. The van der Waals surface area contributed by atoms with E-state index in [4.69, 9.17) is 4.74 Å². The third-order valence-corrected chi connectivity index (χ3v) is 2.02. The molecule has 1 aliphatic rings. The van der Waals surface area contributed by atoms with E-state index in [1.807, 2.05) is 13.8 Å². The van der Waals surface area contributed by atoms with Gasteiger partial charge in [0, 0.05) is 13.1 Å². The molecule has 1 unspecified atom stereocenters. The van der Waals surface area contributed by atoms with E-state index in [9.17, 15) is 4.79 Å². The summed E-state index contributed by atoms with van der Waals surface area (Å²) in [6.07, 6.45) is 4.13. The largest absolute Gasteiger partial charge is 0.465 e. The third kappa shape index (κ3) is 2.08. The number of rotatable bonds is 3. The molecule has 68 valence electrons. The standard InChI is InChI=1S/C9H15NO2/c1-3-12-9(11)8(2)10-6-4-5-7-10/h4-5,8H,3,6-7H2,1-2H3. The molecule has 0 aromatic heterocycles. The van der Waals surface area contributed by atoms with Crippen molar-refractivity contribution in [1.29, 1.82) is 0 Å². The van der Waals surface area contributed by atoms with Crippen molar-refractivity contribution in [3.8, 4) is 0 Å². The zero-order valence-corrected chi connectivity index (χ0v) is 7.62. The van der Waals surface area contributed by atoms with Gasteiger partial charge in [0.15, 0.2) is 0 Å². The van der Waals surface area contributed by atoms with Gasteiger partial charge in [0.05, 0.1) is 6.61 Å². The Hall–Kier alpha value is -0.830. The van der Waals surface area contributed by atoms with E-state index >= 15 is 0 Å². The summed E-state index contributed by atoms with van der Waals surface area (Å²) in [6, 6.07) is -0.111. The molecule has 0 aromatic carbocycles. The molecule has 1 atom stereocenters. The lowest BCUT2D eigenvalue weighted by Crippen LogP contribution is -2.38. The number of ether oxygens (including phenoxy) is 1. The quantitative estimate of drug-likeness (QED) is 0.462. The van der Waals surface area contributed by atoms with Crippen LogP contribution in [0.3, 0.4) is 0 Å². The fourth-order valence-corrected chi connectivity index (χ4v) is 1.22. The van der Waals surface area contributed by atoms with E-state index in [-0.39, 0.29) is 12.0 Å². The second kappa shape index (κ2) is 4.26. The fourth-order valence-electron chi connectivity index (χ4n) is 1.22. The van der Waals surface area contributed by atoms with Gasteiger partial charge >= 0.3 is 5.97 Å². The molecular formula is C9H15NO2. The van der Waals surface area contributed by atoms with Crippen molar-refractivity contribution >= 4 is 5.97 Å². The molecule has 0 fully saturated rings. The Kier molecular flexibility index (Phi) is 3.29. The van der Waals surface area contributed by atoms with Crippen LogP contribution in [-0.4, -0.2) is 36.6 Å². The molecule has 12 heavy (non-hydrogen) atoms. The van der Waals surface area contributed by atoms with Crippen LogP contribution in [0.4, 0.5) is 0 Å². The van der Waals surface area contributed by atoms with Crippen LogP contribution in [-0.2, 0) is 9.53 Å². The van der Waals surface area contributed by atoms with Crippen LogP contribution in [0.5, 0.6) is 0 Å². The van der Waals surface area contributed by atoms with E-state index in [1.165, 1.54) is 0 Å². The first-order valence-electron chi connectivity index (χ1n) is 4.31. The summed E-state index contributed by atoms with van der Waals surface area (Å²) < 4.78 is 4.91. The van der Waals surface area contributed by atoms with E-state index in [0.717, 1.165) is 13.1 Å². The van der Waals surface area contributed by atoms with Crippen molar-refractivity contribution in [1.82, 2.24) is 4.90 Å². The van der Waals surface area contributed by atoms with Gasteiger partial charge in [-0.3, -0.25) is 9.69 Å². The summed E-state index contributed by atoms with van der Waals surface area (Å²) in [4.78, 5) is 13.3. The van der Waals surface area contributed by atoms with Gasteiger partial charge in [-0.25, -0.2) is 0 Å². The van der Waals surface area contributed by atoms with Crippen LogP contribution >= 0.6 is 0 Å². The van der Waals surface area contributed by atoms with Crippen molar-refractivity contribution in [2.75, 3.05) is 19.7 Å². The minimum absolute atomic E-state index is 0.111. The molecule has 0 spiro atoms. The minimum atomic E-state index is -0.124. The maximum atomic E-state index is 11.2. The zero-order valence-electron chi connectivity index (χ0n) is 7.62. The summed E-state index contributed by atoms with van der Waals surface area (Å²) in [7, 11) is 0. The third-order valence-electron chi connectivity index (χ3n) is 2.02. The Labute approximate surface area is 73.0 Å². The Balaban J connectivity index is 2.35. The lowest BCUT2D eigenvalue weighted by Gasteiger charge is -2.21. The maximum Gasteiger partial charge on any atom is 0.323 e. The van der Waals surface area contributed by atoms with Crippen LogP contribution in [0.1, 0.15) is 13.8 Å². The molecular weight excluding hydrogens is 154 g/mol. The predicted octanol–water partition coefficient (Wildman–Crippen LogP) is 0.810. The van der Waals surface area contributed by atoms with Gasteiger partial charge in [0.2, 0.25) is 0 Å². The van der Waals surface area contributed by atoms with Crippen molar-refractivity contribution in [2.24, 2.45) is 0 Å². The Morgan fingerprint density at radius 1 is 1.58 bits per heavy atom. The maximum absolute atomic E-state index is 11.2. The first-order valence-corrected chi connectivity index (χ1v) is 4.31. The first-order chi connectivity index (χ1) is 5.75. The van der Waals surface area contributed by atoms with Gasteiger partial charge in [0.1, 0.15) is 6.04 Å². The normalized spacial score (nSPS) is 19.5. The van der Waals surface area contributed by atoms with Crippen LogP contribution in [0.2, 0.25) is 0 Å². The highest BCUT2D eigenvalue weighted by molar-refractivity contribution is 5.75. The van der Waals surface area contributed by atoms with Crippen LogP contribution in [0.25, 0.3) is 0 Å². The molecule has 3 nitrogen and oxygen atoms in total. The number of nitrogens with zero attached hydrogens (tertiary/aromatic N) is 1. The first kappa shape index (κ1) is 9.26. The number of hydrogen-bond acceptors (Lipinski definition) is 3. The van der Waals surface area contributed by atoms with E-state index in [2.05, 4.69) is 17.1 Å². The van der Waals surface area contributed by atoms with Crippen LogP contribution < -0.4 is 0 Å². The summed E-state index contributed by atoms with van der Waals surface area (Å²) in [5.74, 6) is -0.124. The van der Waals surface area contributed by atoms with Gasteiger partial charge < -0.3 is 4.74 Å². The minimum Gasteiger partial charge on any atom is -0.465 e. The monoisotopic (exact) mass is 169 g/mol. The number of carbonyl (C=O) groups is 1. The van der Waals surface area contributed by atoms with Gasteiger partial charge in [-0.05, 0) is 13.8 Å². The summed E-state index contributed by atoms with van der Waals surface area (Å²) in [6.45, 7) is 5.89. The summed E-state index contributed by atoms with van der Waals surface area (Å²) in [5, 5.41) is 0. The molecule has 0 amide bonds. The van der Waals surface area contributed by atoms with E-state index in [0.29, 0.717) is 6.61 Å². The van der Waals surface area contributed by atoms with Crippen molar-refractivity contribution < 1.29 is 9.53 Å². The highest BCUT2D eigenvalue weighted by Crippen LogP contribution is 2.06. The summed E-state index contributed by atoms with van der Waals surface area (Å²) >= 11 is 0. The molecule has 1 rings (SSSR count). The summed E-state index contributed by atoms with van der Waals surface area (Å²) in [5.41, 5.74) is 0. The molecule has 0 radical (unpaired) electrons. The lowest BCUT2D eigenvalue weighted by atomic mass is 10.3. The highest BCUT2D eigenvalue weighted by Gasteiger charge is 2.22. The Bertz CT molecular complexity index is 181. The number of esters is 1. The molecule has 0 aliphatic carbocycles. The zero-order chi connectivity index (χ0) is 8.97. The molecule has 0 bridgehead atoms. The van der Waals surface area contributed by atoms with Crippen molar-refractivity contribution in [2.45, 2.75) is 19.9 Å². The van der Waals surface area contributed by atoms with E-state index < -0.39 is 0 Å². The Morgan fingerprint density at radius 3 is 2.67 bits per heavy atom. The fraction of sp³-hybridized carbons (Fsp3) is 0.667. The van der Waals surface area contributed by atoms with Gasteiger partial charge in [-0.2, -0.15) is 0 Å². The smallest absolute Gasteiger partial charge is 0.323 e. The SMILES string of the molecule is CCOC(=O)C(C)N1CC=CC1. The van der Waals surface area contributed by atoms with Gasteiger partial charge in [-0.15, -0.1) is 0 Å². The van der Waals surface area contributed by atoms with Crippen LogP contribution in [0, 0.1) is 0 Å². The lowest BCUT2D eigenvalue weighted by molar-refractivity contribution is -0.148. The van der Waals surface area contributed by atoms with E-state index in [1.54, 1.807) is 0 Å². The molecule has 1 aliphatic heterocycles. The second-order valence-electron chi connectivity index (χ2n) is 2.85. The van der Waals surface area contributed by atoms with Gasteiger partial charge in [0.25, 0.3) is 0 Å². The number of hydrogen-bond donors (Lipinski definition) is 0. The molecule has 0 aromatic rings. The van der Waals surface area contributed by atoms with Crippen molar-refractivity contribution in [3.05, 3.63) is 12.2 Å². The average molecular weight is 169 g/mol. The topological polar surface area (TPSA) is 29.5 Å². The molecule has 3 heteroatoms. The molecule has 0 N–H and O–H groups in total. The molecule has 0 saturated heterocycles. The number of carbonyl (C=O) groups excluding carboxylic acids is 1. The second-order valence-corrected chi connectivity index (χ2v) is 2.85. The highest BCUT2D eigenvalue weighted by atomic mass is 16.5. The average Bonchev–Trinajstić information content (AvgIpc) is 2.55. The molecule has 1 heterocycles.